The molecule has 4 heteroatoms. The predicted octanol–water partition coefficient (Wildman–Crippen LogP) is 1.30. The van der Waals surface area contributed by atoms with E-state index in [9.17, 15) is 9.90 Å². The Morgan fingerprint density at radius 1 is 1.41 bits per heavy atom. The van der Waals surface area contributed by atoms with Crippen LogP contribution in [0.4, 0.5) is 5.69 Å². The number of carbonyl (C=O) groups is 1. The second-order valence-corrected chi connectivity index (χ2v) is 4.74. The fourth-order valence-corrected chi connectivity index (χ4v) is 2.24. The Labute approximate surface area is 101 Å². The van der Waals surface area contributed by atoms with Crippen molar-refractivity contribution in [2.24, 2.45) is 0 Å². The smallest absolute Gasteiger partial charge is 0.251 e. The fraction of sp³-hybridized carbons (Fsp3) is 0.462. The number of hydrogen-bond donors (Lipinski definition) is 3. The van der Waals surface area contributed by atoms with E-state index < -0.39 is 5.60 Å². The van der Waals surface area contributed by atoms with E-state index in [0.717, 1.165) is 25.7 Å². The molecule has 2 rings (SSSR count). The molecule has 0 spiro atoms. The van der Waals surface area contributed by atoms with Crippen LogP contribution in [0.3, 0.4) is 0 Å². The zero-order chi connectivity index (χ0) is 12.3. The molecule has 1 aliphatic rings. The van der Waals surface area contributed by atoms with Gasteiger partial charge in [0.1, 0.15) is 0 Å². The molecular formula is C13H18N2O2. The first-order valence-corrected chi connectivity index (χ1v) is 5.95. The highest BCUT2D eigenvalue weighted by Crippen LogP contribution is 2.28. The van der Waals surface area contributed by atoms with Crippen LogP contribution in [0.15, 0.2) is 24.3 Å². The van der Waals surface area contributed by atoms with Crippen molar-refractivity contribution >= 4 is 11.6 Å². The van der Waals surface area contributed by atoms with Crippen LogP contribution in [-0.2, 0) is 0 Å². The number of rotatable bonds is 3. The zero-order valence-electron chi connectivity index (χ0n) is 9.78. The Morgan fingerprint density at radius 2 is 2.12 bits per heavy atom. The number of amides is 1. The van der Waals surface area contributed by atoms with Crippen LogP contribution >= 0.6 is 0 Å². The first-order chi connectivity index (χ1) is 8.09. The monoisotopic (exact) mass is 234 g/mol. The number of anilines is 1. The highest BCUT2D eigenvalue weighted by atomic mass is 16.3. The zero-order valence-corrected chi connectivity index (χ0v) is 9.78. The van der Waals surface area contributed by atoms with Gasteiger partial charge in [-0.3, -0.25) is 4.79 Å². The molecule has 0 aromatic heterocycles. The highest BCUT2D eigenvalue weighted by molar-refractivity contribution is 5.95. The third kappa shape index (κ3) is 2.97. The standard InChI is InChI=1S/C13H18N2O2/c14-11-5-3-4-10(8-11)12(16)15-9-13(17)6-1-2-7-13/h3-5,8,17H,1-2,6-7,9,14H2,(H,15,16). The molecule has 0 unspecified atom stereocenters. The summed E-state index contributed by atoms with van der Waals surface area (Å²) in [6.45, 7) is 0.320. The van der Waals surface area contributed by atoms with Gasteiger partial charge in [-0.1, -0.05) is 18.9 Å². The third-order valence-corrected chi connectivity index (χ3v) is 3.26. The Bertz CT molecular complexity index is 412. The molecule has 4 N–H and O–H groups in total. The van der Waals surface area contributed by atoms with Crippen molar-refractivity contribution in [3.63, 3.8) is 0 Å². The van der Waals surface area contributed by atoms with E-state index in [2.05, 4.69) is 5.32 Å². The Kier molecular flexibility index (Phi) is 3.33. The van der Waals surface area contributed by atoms with Gasteiger partial charge in [-0.25, -0.2) is 0 Å². The van der Waals surface area contributed by atoms with E-state index in [1.54, 1.807) is 24.3 Å². The van der Waals surface area contributed by atoms with E-state index in [4.69, 9.17) is 5.73 Å². The summed E-state index contributed by atoms with van der Waals surface area (Å²) < 4.78 is 0. The molecular weight excluding hydrogens is 216 g/mol. The van der Waals surface area contributed by atoms with Gasteiger partial charge in [-0.2, -0.15) is 0 Å². The SMILES string of the molecule is Nc1cccc(C(=O)NCC2(O)CCCC2)c1. The molecule has 0 aliphatic heterocycles. The third-order valence-electron chi connectivity index (χ3n) is 3.26. The van der Waals surface area contributed by atoms with Gasteiger partial charge in [0.25, 0.3) is 5.91 Å². The van der Waals surface area contributed by atoms with Gasteiger partial charge >= 0.3 is 0 Å². The molecule has 92 valence electrons. The summed E-state index contributed by atoms with van der Waals surface area (Å²) in [5.74, 6) is -0.183. The first kappa shape index (κ1) is 11.9. The second-order valence-electron chi connectivity index (χ2n) is 4.74. The van der Waals surface area contributed by atoms with Crippen molar-refractivity contribution < 1.29 is 9.90 Å². The summed E-state index contributed by atoms with van der Waals surface area (Å²) in [7, 11) is 0. The average Bonchev–Trinajstić information content (AvgIpc) is 2.74. The highest BCUT2D eigenvalue weighted by Gasteiger charge is 2.31. The molecule has 0 heterocycles. The first-order valence-electron chi connectivity index (χ1n) is 5.95. The Balaban J connectivity index is 1.93. The van der Waals surface area contributed by atoms with Gasteiger partial charge in [0.05, 0.1) is 5.60 Å². The van der Waals surface area contributed by atoms with Crippen molar-refractivity contribution in [2.45, 2.75) is 31.3 Å². The van der Waals surface area contributed by atoms with E-state index in [-0.39, 0.29) is 5.91 Å². The number of carbonyl (C=O) groups excluding carboxylic acids is 1. The fourth-order valence-electron chi connectivity index (χ4n) is 2.24. The van der Waals surface area contributed by atoms with Crippen LogP contribution in [0, 0.1) is 0 Å². The van der Waals surface area contributed by atoms with E-state index in [1.165, 1.54) is 0 Å². The number of nitrogen functional groups attached to an aromatic ring is 1. The molecule has 0 bridgehead atoms. The maximum Gasteiger partial charge on any atom is 0.251 e. The van der Waals surface area contributed by atoms with Gasteiger partial charge in [0, 0.05) is 17.8 Å². The molecule has 1 saturated carbocycles. The summed E-state index contributed by atoms with van der Waals surface area (Å²) in [6.07, 6.45) is 3.60. The van der Waals surface area contributed by atoms with Crippen LogP contribution in [0.2, 0.25) is 0 Å². The number of aliphatic hydroxyl groups is 1. The molecule has 1 aliphatic carbocycles. The van der Waals surface area contributed by atoms with Gasteiger partial charge in [-0.15, -0.1) is 0 Å². The lowest BCUT2D eigenvalue weighted by Crippen LogP contribution is -2.40. The van der Waals surface area contributed by atoms with Crippen molar-refractivity contribution in [2.75, 3.05) is 12.3 Å². The molecule has 1 fully saturated rings. The quantitative estimate of drug-likeness (QED) is 0.690. The van der Waals surface area contributed by atoms with E-state index in [0.29, 0.717) is 17.8 Å². The maximum atomic E-state index is 11.8. The van der Waals surface area contributed by atoms with Crippen LogP contribution in [0.25, 0.3) is 0 Å². The molecule has 1 aromatic carbocycles. The van der Waals surface area contributed by atoms with Crippen molar-refractivity contribution in [1.29, 1.82) is 0 Å². The van der Waals surface area contributed by atoms with Crippen molar-refractivity contribution in [3.8, 4) is 0 Å². The van der Waals surface area contributed by atoms with Crippen LogP contribution in [0.1, 0.15) is 36.0 Å². The topological polar surface area (TPSA) is 75.4 Å². The van der Waals surface area contributed by atoms with Gasteiger partial charge in [0.2, 0.25) is 0 Å². The Morgan fingerprint density at radius 3 is 2.76 bits per heavy atom. The minimum absolute atomic E-state index is 0.183. The summed E-state index contributed by atoms with van der Waals surface area (Å²) in [4.78, 5) is 11.8. The van der Waals surface area contributed by atoms with Crippen LogP contribution in [0.5, 0.6) is 0 Å². The molecule has 17 heavy (non-hydrogen) atoms. The molecule has 1 amide bonds. The van der Waals surface area contributed by atoms with Crippen molar-refractivity contribution in [1.82, 2.24) is 5.32 Å². The largest absolute Gasteiger partial charge is 0.399 e. The second kappa shape index (κ2) is 4.75. The van der Waals surface area contributed by atoms with Gasteiger partial charge in [-0.05, 0) is 31.0 Å². The summed E-state index contributed by atoms with van der Waals surface area (Å²) in [5.41, 5.74) is 6.00. The summed E-state index contributed by atoms with van der Waals surface area (Å²) >= 11 is 0. The lowest BCUT2D eigenvalue weighted by atomic mass is 10.0. The normalized spacial score (nSPS) is 17.9. The van der Waals surface area contributed by atoms with Gasteiger partial charge < -0.3 is 16.2 Å². The van der Waals surface area contributed by atoms with E-state index >= 15 is 0 Å². The minimum Gasteiger partial charge on any atom is -0.399 e. The average molecular weight is 234 g/mol. The summed E-state index contributed by atoms with van der Waals surface area (Å²) in [6, 6.07) is 6.83. The lowest BCUT2D eigenvalue weighted by Gasteiger charge is -2.22. The van der Waals surface area contributed by atoms with Crippen molar-refractivity contribution in [3.05, 3.63) is 29.8 Å². The van der Waals surface area contributed by atoms with Crippen LogP contribution < -0.4 is 11.1 Å². The van der Waals surface area contributed by atoms with Crippen LogP contribution in [-0.4, -0.2) is 23.2 Å². The Hall–Kier alpha value is -1.55. The number of hydrogen-bond acceptors (Lipinski definition) is 3. The molecule has 0 saturated heterocycles. The maximum absolute atomic E-state index is 11.8. The predicted molar refractivity (Wildman–Crippen MR) is 66.6 cm³/mol. The number of benzene rings is 1. The van der Waals surface area contributed by atoms with E-state index in [1.807, 2.05) is 0 Å². The summed E-state index contributed by atoms with van der Waals surface area (Å²) in [5, 5.41) is 12.9. The molecule has 0 radical (unpaired) electrons. The van der Waals surface area contributed by atoms with Gasteiger partial charge in [0.15, 0.2) is 0 Å². The molecule has 0 atom stereocenters. The molecule has 1 aromatic rings. The minimum atomic E-state index is -0.712. The lowest BCUT2D eigenvalue weighted by molar-refractivity contribution is 0.0449. The molecule has 4 nitrogen and oxygen atoms in total. The number of nitrogens with one attached hydrogen (secondary N) is 1. The number of nitrogens with two attached hydrogens (primary N) is 1.